The third-order valence-electron chi connectivity index (χ3n) is 3.99. The van der Waals surface area contributed by atoms with Crippen LogP contribution in [0.2, 0.25) is 0 Å². The van der Waals surface area contributed by atoms with Gasteiger partial charge in [-0.15, -0.1) is 35.3 Å². The van der Waals surface area contributed by atoms with Gasteiger partial charge in [-0.25, -0.2) is 4.98 Å². The van der Waals surface area contributed by atoms with E-state index in [-0.39, 0.29) is 24.0 Å². The van der Waals surface area contributed by atoms with Gasteiger partial charge in [0.15, 0.2) is 5.96 Å². The smallest absolute Gasteiger partial charge is 0.191 e. The van der Waals surface area contributed by atoms with E-state index in [1.807, 2.05) is 6.20 Å². The summed E-state index contributed by atoms with van der Waals surface area (Å²) < 4.78 is 0. The first-order chi connectivity index (χ1) is 10.6. The Balaban J connectivity index is 0.00000264. The molecule has 1 fully saturated rings. The van der Waals surface area contributed by atoms with Crippen LogP contribution in [0.5, 0.6) is 0 Å². The number of hydrogen-bond acceptors (Lipinski definition) is 4. The highest BCUT2D eigenvalue weighted by atomic mass is 127. The van der Waals surface area contributed by atoms with E-state index in [2.05, 4.69) is 34.5 Å². The zero-order valence-corrected chi connectivity index (χ0v) is 17.2. The molecule has 0 aromatic carbocycles. The van der Waals surface area contributed by atoms with E-state index in [1.54, 1.807) is 11.3 Å². The third kappa shape index (κ3) is 6.93. The number of rotatable bonds is 7. The summed E-state index contributed by atoms with van der Waals surface area (Å²) in [6.07, 6.45) is 7.88. The molecule has 0 radical (unpaired) electrons. The molecule has 0 aliphatic heterocycles. The highest BCUT2D eigenvalue weighted by molar-refractivity contribution is 14.0. The number of aliphatic hydroxyl groups is 1. The average molecular weight is 452 g/mol. The number of halogens is 1. The molecule has 1 aliphatic rings. The molecule has 3 N–H and O–H groups in total. The predicted octanol–water partition coefficient (Wildman–Crippen LogP) is 2.73. The molecule has 0 saturated heterocycles. The molecule has 1 aromatic rings. The monoisotopic (exact) mass is 452 g/mol. The van der Waals surface area contributed by atoms with Gasteiger partial charge in [0.05, 0.1) is 17.2 Å². The summed E-state index contributed by atoms with van der Waals surface area (Å²) in [7, 11) is 0. The molecule has 132 valence electrons. The first kappa shape index (κ1) is 20.6. The Morgan fingerprint density at radius 2 is 2.09 bits per heavy atom. The Bertz CT molecular complexity index is 486. The van der Waals surface area contributed by atoms with Crippen molar-refractivity contribution in [3.05, 3.63) is 16.1 Å². The zero-order valence-electron chi connectivity index (χ0n) is 14.1. The van der Waals surface area contributed by atoms with Gasteiger partial charge in [-0.2, -0.15) is 0 Å². The summed E-state index contributed by atoms with van der Waals surface area (Å²) in [5, 5.41) is 18.1. The SMILES string of the molecule is CCNC(=NCC1(O)CCCC1)NCCc1ncc(CC)s1.I. The van der Waals surface area contributed by atoms with Crippen molar-refractivity contribution in [2.24, 2.45) is 4.99 Å². The minimum atomic E-state index is -0.590. The second-order valence-corrected chi connectivity index (χ2v) is 7.08. The summed E-state index contributed by atoms with van der Waals surface area (Å²) in [6, 6.07) is 0. The van der Waals surface area contributed by atoms with Crippen LogP contribution in [-0.4, -0.2) is 41.3 Å². The summed E-state index contributed by atoms with van der Waals surface area (Å²) in [6.45, 7) is 6.32. The van der Waals surface area contributed by atoms with Gasteiger partial charge in [0.2, 0.25) is 0 Å². The lowest BCUT2D eigenvalue weighted by Crippen LogP contribution is -2.40. The molecule has 0 bridgehead atoms. The Labute approximate surface area is 160 Å². The quantitative estimate of drug-likeness (QED) is 0.338. The number of aromatic nitrogens is 1. The maximum absolute atomic E-state index is 10.4. The average Bonchev–Trinajstić information content (AvgIpc) is 3.14. The number of hydrogen-bond donors (Lipinski definition) is 3. The van der Waals surface area contributed by atoms with E-state index in [0.29, 0.717) is 6.54 Å². The van der Waals surface area contributed by atoms with Gasteiger partial charge in [0.1, 0.15) is 0 Å². The third-order valence-corrected chi connectivity index (χ3v) is 5.19. The van der Waals surface area contributed by atoms with E-state index in [1.165, 1.54) is 4.88 Å². The maximum Gasteiger partial charge on any atom is 0.191 e. The van der Waals surface area contributed by atoms with Gasteiger partial charge < -0.3 is 15.7 Å². The van der Waals surface area contributed by atoms with Crippen LogP contribution in [-0.2, 0) is 12.8 Å². The number of aliphatic imine (C=N–C) groups is 1. The first-order valence-corrected chi connectivity index (χ1v) is 9.15. The second-order valence-electron chi connectivity index (χ2n) is 5.88. The van der Waals surface area contributed by atoms with Crippen LogP contribution in [0.3, 0.4) is 0 Å². The maximum atomic E-state index is 10.4. The molecule has 5 nitrogen and oxygen atoms in total. The molecule has 0 unspecified atom stereocenters. The van der Waals surface area contributed by atoms with Gasteiger partial charge in [0.25, 0.3) is 0 Å². The van der Waals surface area contributed by atoms with Crippen LogP contribution in [0.15, 0.2) is 11.2 Å². The van der Waals surface area contributed by atoms with E-state index in [4.69, 9.17) is 0 Å². The van der Waals surface area contributed by atoms with Crippen molar-refractivity contribution in [2.75, 3.05) is 19.6 Å². The minimum Gasteiger partial charge on any atom is -0.388 e. The lowest BCUT2D eigenvalue weighted by atomic mass is 10.0. The van der Waals surface area contributed by atoms with Crippen LogP contribution < -0.4 is 10.6 Å². The molecular weight excluding hydrogens is 423 g/mol. The van der Waals surface area contributed by atoms with Crippen LogP contribution >= 0.6 is 35.3 Å². The minimum absolute atomic E-state index is 0. The fourth-order valence-electron chi connectivity index (χ4n) is 2.67. The van der Waals surface area contributed by atoms with Crippen molar-refractivity contribution >= 4 is 41.3 Å². The van der Waals surface area contributed by atoms with Crippen LogP contribution in [0.4, 0.5) is 0 Å². The summed E-state index contributed by atoms with van der Waals surface area (Å²) in [5.74, 6) is 0.787. The molecule has 1 heterocycles. The van der Waals surface area contributed by atoms with Crippen molar-refractivity contribution in [1.29, 1.82) is 0 Å². The van der Waals surface area contributed by atoms with Crippen molar-refractivity contribution in [3.8, 4) is 0 Å². The van der Waals surface area contributed by atoms with Crippen LogP contribution in [0.25, 0.3) is 0 Å². The lowest BCUT2D eigenvalue weighted by molar-refractivity contribution is 0.0574. The topological polar surface area (TPSA) is 69.5 Å². The number of aryl methyl sites for hydroxylation is 1. The van der Waals surface area contributed by atoms with Gasteiger partial charge in [-0.05, 0) is 26.2 Å². The zero-order chi connectivity index (χ0) is 15.8. The fraction of sp³-hybridized carbons (Fsp3) is 0.750. The van der Waals surface area contributed by atoms with Crippen LogP contribution in [0.1, 0.15) is 49.4 Å². The molecule has 0 spiro atoms. The van der Waals surface area contributed by atoms with Crippen molar-refractivity contribution in [1.82, 2.24) is 15.6 Å². The number of thiazole rings is 1. The van der Waals surface area contributed by atoms with Gasteiger partial charge in [-0.3, -0.25) is 4.99 Å². The standard InChI is InChI=1S/C16H28N4OS.HI/c1-3-13-11-19-14(22-13)7-10-18-15(17-4-2)20-12-16(21)8-5-6-9-16;/h11,21H,3-10,12H2,1-2H3,(H2,17,18,20);1H. The Hall–Kier alpha value is -0.410. The molecule has 1 saturated carbocycles. The fourth-order valence-corrected chi connectivity index (χ4v) is 3.54. The predicted molar refractivity (Wildman–Crippen MR) is 108 cm³/mol. The summed E-state index contributed by atoms with van der Waals surface area (Å²) in [5.41, 5.74) is -0.590. The Morgan fingerprint density at radius 1 is 1.35 bits per heavy atom. The molecule has 23 heavy (non-hydrogen) atoms. The normalized spacial score (nSPS) is 16.9. The van der Waals surface area contributed by atoms with E-state index in [9.17, 15) is 5.11 Å². The van der Waals surface area contributed by atoms with Crippen LogP contribution in [0, 0.1) is 0 Å². The van der Waals surface area contributed by atoms with Gasteiger partial charge >= 0.3 is 0 Å². The molecular formula is C16H29IN4OS. The number of nitrogens with zero attached hydrogens (tertiary/aromatic N) is 2. The van der Waals surface area contributed by atoms with Gasteiger partial charge in [-0.1, -0.05) is 19.8 Å². The molecule has 0 amide bonds. The number of guanidine groups is 1. The van der Waals surface area contributed by atoms with Crippen molar-refractivity contribution in [3.63, 3.8) is 0 Å². The van der Waals surface area contributed by atoms with E-state index < -0.39 is 5.60 Å². The highest BCUT2D eigenvalue weighted by Crippen LogP contribution is 2.29. The molecule has 7 heteroatoms. The largest absolute Gasteiger partial charge is 0.388 e. The lowest BCUT2D eigenvalue weighted by Gasteiger charge is -2.20. The number of nitrogens with one attached hydrogen (secondary N) is 2. The molecule has 1 aliphatic carbocycles. The summed E-state index contributed by atoms with van der Waals surface area (Å²) >= 11 is 1.78. The molecule has 1 aromatic heterocycles. The van der Waals surface area contributed by atoms with Crippen molar-refractivity contribution < 1.29 is 5.11 Å². The van der Waals surface area contributed by atoms with E-state index in [0.717, 1.165) is 62.6 Å². The molecule has 2 rings (SSSR count). The van der Waals surface area contributed by atoms with Crippen molar-refractivity contribution in [2.45, 2.75) is 58.0 Å². The highest BCUT2D eigenvalue weighted by Gasteiger charge is 2.30. The Kier molecular flexibility index (Phi) is 9.38. The second kappa shape index (κ2) is 10.5. The molecule has 0 atom stereocenters. The van der Waals surface area contributed by atoms with Gasteiger partial charge in [0, 0.05) is 30.6 Å². The first-order valence-electron chi connectivity index (χ1n) is 8.33. The Morgan fingerprint density at radius 3 is 2.70 bits per heavy atom. The summed E-state index contributed by atoms with van der Waals surface area (Å²) in [4.78, 5) is 10.3. The van der Waals surface area contributed by atoms with E-state index >= 15 is 0 Å².